The number of rotatable bonds is 6. The molecule has 1 fully saturated rings. The molecule has 1 unspecified atom stereocenters. The van der Waals surface area contributed by atoms with Crippen LogP contribution in [0.5, 0.6) is 0 Å². The van der Waals surface area contributed by atoms with E-state index in [1.54, 1.807) is 14.2 Å². The van der Waals surface area contributed by atoms with Crippen molar-refractivity contribution in [3.8, 4) is 0 Å². The van der Waals surface area contributed by atoms with Crippen LogP contribution in [0.2, 0.25) is 0 Å². The first-order valence-electron chi connectivity index (χ1n) is 7.65. The average molecular weight is 360 g/mol. The van der Waals surface area contributed by atoms with Crippen molar-refractivity contribution in [2.45, 2.75) is 56.7 Å². The van der Waals surface area contributed by atoms with Gasteiger partial charge < -0.3 is 15.2 Å². The van der Waals surface area contributed by atoms with Gasteiger partial charge in [-0.05, 0) is 28.8 Å². The molecule has 0 aromatic carbocycles. The zero-order valence-electron chi connectivity index (χ0n) is 13.0. The van der Waals surface area contributed by atoms with Crippen LogP contribution >= 0.6 is 15.9 Å². The monoisotopic (exact) mass is 359 g/mol. The summed E-state index contributed by atoms with van der Waals surface area (Å²) in [4.78, 5) is 0. The average Bonchev–Trinajstić information content (AvgIpc) is 2.72. The Hall–Kier alpha value is -0.430. The van der Waals surface area contributed by atoms with Gasteiger partial charge in [-0.25, -0.2) is 0 Å². The highest BCUT2D eigenvalue weighted by Crippen LogP contribution is 2.40. The highest BCUT2D eigenvalue weighted by atomic mass is 79.9. The first-order chi connectivity index (χ1) is 10.1. The summed E-state index contributed by atoms with van der Waals surface area (Å²) in [6.45, 7) is 1.32. The van der Waals surface area contributed by atoms with E-state index in [4.69, 9.17) is 15.2 Å². The molecule has 21 heavy (non-hydrogen) atoms. The smallest absolute Gasteiger partial charge is 0.0886 e. The molecule has 1 aliphatic carbocycles. The maximum absolute atomic E-state index is 6.65. The normalized spacial score (nSPS) is 20.2. The first kappa shape index (κ1) is 16.9. The van der Waals surface area contributed by atoms with Gasteiger partial charge in [-0.15, -0.1) is 0 Å². The molecule has 6 heteroatoms. The van der Waals surface area contributed by atoms with Gasteiger partial charge in [0.15, 0.2) is 0 Å². The molecule has 2 rings (SSSR count). The van der Waals surface area contributed by atoms with E-state index in [0.717, 1.165) is 23.0 Å². The van der Waals surface area contributed by atoms with Gasteiger partial charge in [-0.3, -0.25) is 4.68 Å². The van der Waals surface area contributed by atoms with Crippen LogP contribution in [0.25, 0.3) is 0 Å². The summed E-state index contributed by atoms with van der Waals surface area (Å²) in [5, 5.41) is 4.41. The van der Waals surface area contributed by atoms with E-state index >= 15 is 0 Å². The Morgan fingerprint density at radius 1 is 1.33 bits per heavy atom. The lowest BCUT2D eigenvalue weighted by Gasteiger charge is -2.37. The van der Waals surface area contributed by atoms with Crippen LogP contribution in [-0.4, -0.2) is 36.2 Å². The van der Waals surface area contributed by atoms with Gasteiger partial charge in [0, 0.05) is 14.2 Å². The maximum atomic E-state index is 6.65. The van der Waals surface area contributed by atoms with E-state index in [0.29, 0.717) is 13.2 Å². The minimum Gasteiger partial charge on any atom is -0.383 e. The number of halogens is 1. The van der Waals surface area contributed by atoms with Crippen molar-refractivity contribution in [1.29, 1.82) is 0 Å². The quantitative estimate of drug-likeness (QED) is 0.792. The molecule has 5 nitrogen and oxygen atoms in total. The van der Waals surface area contributed by atoms with Crippen LogP contribution in [-0.2, 0) is 16.0 Å². The molecule has 0 saturated heterocycles. The van der Waals surface area contributed by atoms with E-state index in [-0.39, 0.29) is 11.6 Å². The molecule has 0 radical (unpaired) electrons. The SMILES string of the molecule is COCCn1ncc(Br)c1C(N)C1(OC)CCCCCC1. The number of hydrogen-bond donors (Lipinski definition) is 1. The van der Waals surface area contributed by atoms with Crippen molar-refractivity contribution in [3.63, 3.8) is 0 Å². The topological polar surface area (TPSA) is 62.3 Å². The van der Waals surface area contributed by atoms with Gasteiger partial charge in [-0.1, -0.05) is 25.7 Å². The Kier molecular flexibility index (Phi) is 6.22. The standard InChI is InChI=1S/C15H26BrN3O2/c1-20-10-9-19-13(12(16)11-18-19)14(17)15(21-2)7-5-3-4-6-8-15/h11,14H,3-10,17H2,1-2H3. The maximum Gasteiger partial charge on any atom is 0.0886 e. The second kappa shape index (κ2) is 7.72. The molecule has 1 atom stereocenters. The Labute approximate surface area is 135 Å². The van der Waals surface area contributed by atoms with E-state index in [2.05, 4.69) is 21.0 Å². The second-order valence-electron chi connectivity index (χ2n) is 5.75. The summed E-state index contributed by atoms with van der Waals surface area (Å²) in [5.41, 5.74) is 7.37. The summed E-state index contributed by atoms with van der Waals surface area (Å²) >= 11 is 3.59. The van der Waals surface area contributed by atoms with Gasteiger partial charge in [-0.2, -0.15) is 5.10 Å². The number of methoxy groups -OCH3 is 2. The number of hydrogen-bond acceptors (Lipinski definition) is 4. The van der Waals surface area contributed by atoms with Crippen molar-refractivity contribution in [3.05, 3.63) is 16.4 Å². The van der Waals surface area contributed by atoms with Crippen molar-refractivity contribution in [1.82, 2.24) is 9.78 Å². The van der Waals surface area contributed by atoms with Crippen LogP contribution in [0, 0.1) is 0 Å². The molecule has 1 aromatic rings. The van der Waals surface area contributed by atoms with Crippen molar-refractivity contribution in [2.75, 3.05) is 20.8 Å². The second-order valence-corrected chi connectivity index (χ2v) is 6.61. The number of aromatic nitrogens is 2. The molecule has 0 bridgehead atoms. The molecule has 1 aromatic heterocycles. The molecule has 120 valence electrons. The Bertz CT molecular complexity index is 442. The Balaban J connectivity index is 2.28. The van der Waals surface area contributed by atoms with Crippen LogP contribution in [0.15, 0.2) is 10.7 Å². The summed E-state index contributed by atoms with van der Waals surface area (Å²) < 4.78 is 14.0. The number of nitrogens with zero attached hydrogens (tertiary/aromatic N) is 2. The van der Waals surface area contributed by atoms with E-state index in [1.165, 1.54) is 25.7 Å². The van der Waals surface area contributed by atoms with Crippen LogP contribution in [0.1, 0.15) is 50.3 Å². The van der Waals surface area contributed by atoms with Gasteiger partial charge >= 0.3 is 0 Å². The summed E-state index contributed by atoms with van der Waals surface area (Å²) in [6.07, 6.45) is 8.70. The summed E-state index contributed by atoms with van der Waals surface area (Å²) in [7, 11) is 3.48. The lowest BCUT2D eigenvalue weighted by molar-refractivity contribution is -0.0464. The lowest BCUT2D eigenvalue weighted by atomic mass is 9.84. The van der Waals surface area contributed by atoms with Crippen molar-refractivity contribution < 1.29 is 9.47 Å². The highest BCUT2D eigenvalue weighted by molar-refractivity contribution is 9.10. The van der Waals surface area contributed by atoms with E-state index in [1.807, 2.05) is 10.9 Å². The molecular formula is C15H26BrN3O2. The third kappa shape index (κ3) is 3.67. The Morgan fingerprint density at radius 2 is 2.00 bits per heavy atom. The predicted octanol–water partition coefficient (Wildman–Crippen LogP) is 3.03. The minimum absolute atomic E-state index is 0.186. The van der Waals surface area contributed by atoms with Crippen molar-refractivity contribution >= 4 is 15.9 Å². The molecule has 0 spiro atoms. The van der Waals surface area contributed by atoms with Gasteiger partial charge in [0.25, 0.3) is 0 Å². The number of nitrogens with two attached hydrogens (primary N) is 1. The van der Waals surface area contributed by atoms with Crippen LogP contribution in [0.4, 0.5) is 0 Å². The third-order valence-corrected chi connectivity index (χ3v) is 5.17. The molecule has 1 aliphatic rings. The molecule has 0 aliphatic heterocycles. The van der Waals surface area contributed by atoms with Crippen LogP contribution in [0.3, 0.4) is 0 Å². The van der Waals surface area contributed by atoms with Gasteiger partial charge in [0.05, 0.1) is 41.2 Å². The minimum atomic E-state index is -0.288. The molecule has 1 saturated carbocycles. The zero-order valence-corrected chi connectivity index (χ0v) is 14.6. The van der Waals surface area contributed by atoms with Crippen molar-refractivity contribution in [2.24, 2.45) is 5.73 Å². The fraction of sp³-hybridized carbons (Fsp3) is 0.800. The third-order valence-electron chi connectivity index (χ3n) is 4.56. The van der Waals surface area contributed by atoms with Gasteiger partial charge in [0.2, 0.25) is 0 Å². The summed E-state index contributed by atoms with van der Waals surface area (Å²) in [5.74, 6) is 0. The lowest BCUT2D eigenvalue weighted by Crippen LogP contribution is -2.44. The Morgan fingerprint density at radius 3 is 2.57 bits per heavy atom. The van der Waals surface area contributed by atoms with Crippen LogP contribution < -0.4 is 5.73 Å². The molecule has 2 N–H and O–H groups in total. The summed E-state index contributed by atoms with van der Waals surface area (Å²) in [6, 6.07) is -0.186. The largest absolute Gasteiger partial charge is 0.383 e. The predicted molar refractivity (Wildman–Crippen MR) is 86.2 cm³/mol. The van der Waals surface area contributed by atoms with Gasteiger partial charge in [0.1, 0.15) is 0 Å². The highest BCUT2D eigenvalue weighted by Gasteiger charge is 2.40. The molecule has 1 heterocycles. The van der Waals surface area contributed by atoms with E-state index in [9.17, 15) is 0 Å². The number of ether oxygens (including phenoxy) is 2. The fourth-order valence-electron chi connectivity index (χ4n) is 3.26. The fourth-order valence-corrected chi connectivity index (χ4v) is 3.80. The first-order valence-corrected chi connectivity index (χ1v) is 8.45. The zero-order chi connectivity index (χ0) is 15.3. The molecule has 0 amide bonds. The van der Waals surface area contributed by atoms with E-state index < -0.39 is 0 Å². The molecular weight excluding hydrogens is 334 g/mol.